The third-order valence-corrected chi connectivity index (χ3v) is 2.84. The SMILES string of the molecule is CC(=O)Cc1c(C)[nH]c2c(Cl)cccc12. The first kappa shape index (κ1) is 10.2. The molecule has 0 aliphatic heterocycles. The van der Waals surface area contributed by atoms with Gasteiger partial charge in [-0.2, -0.15) is 0 Å². The van der Waals surface area contributed by atoms with Crippen molar-refractivity contribution in [3.05, 3.63) is 34.5 Å². The number of hydrogen-bond donors (Lipinski definition) is 1. The molecule has 3 heteroatoms. The molecule has 15 heavy (non-hydrogen) atoms. The lowest BCUT2D eigenvalue weighted by molar-refractivity contribution is -0.116. The number of halogens is 1. The quantitative estimate of drug-likeness (QED) is 0.830. The Balaban J connectivity index is 2.68. The Morgan fingerprint density at radius 1 is 1.47 bits per heavy atom. The zero-order valence-corrected chi connectivity index (χ0v) is 9.48. The van der Waals surface area contributed by atoms with Crippen molar-refractivity contribution in [2.75, 3.05) is 0 Å². The molecule has 0 atom stereocenters. The van der Waals surface area contributed by atoms with Crippen LogP contribution in [0, 0.1) is 6.92 Å². The van der Waals surface area contributed by atoms with Gasteiger partial charge in [0.15, 0.2) is 0 Å². The summed E-state index contributed by atoms with van der Waals surface area (Å²) in [4.78, 5) is 14.4. The van der Waals surface area contributed by atoms with Gasteiger partial charge in [0.2, 0.25) is 0 Å². The van der Waals surface area contributed by atoms with Gasteiger partial charge in [-0.15, -0.1) is 0 Å². The van der Waals surface area contributed by atoms with Gasteiger partial charge in [0.25, 0.3) is 0 Å². The molecule has 1 aromatic carbocycles. The summed E-state index contributed by atoms with van der Waals surface area (Å²) < 4.78 is 0. The predicted molar refractivity (Wildman–Crippen MR) is 62.4 cm³/mol. The summed E-state index contributed by atoms with van der Waals surface area (Å²) in [6.07, 6.45) is 0.464. The fourth-order valence-corrected chi connectivity index (χ4v) is 2.07. The second-order valence-electron chi connectivity index (χ2n) is 3.77. The Morgan fingerprint density at radius 2 is 2.20 bits per heavy atom. The molecule has 0 saturated carbocycles. The van der Waals surface area contributed by atoms with E-state index in [9.17, 15) is 4.79 Å². The summed E-state index contributed by atoms with van der Waals surface area (Å²) >= 11 is 6.06. The molecule has 0 saturated heterocycles. The molecule has 0 unspecified atom stereocenters. The molecular formula is C12H12ClNO. The lowest BCUT2D eigenvalue weighted by atomic mass is 10.1. The summed E-state index contributed by atoms with van der Waals surface area (Å²) in [7, 11) is 0. The number of aromatic amines is 1. The summed E-state index contributed by atoms with van der Waals surface area (Å²) in [5.74, 6) is 0.166. The first-order chi connectivity index (χ1) is 7.09. The normalized spacial score (nSPS) is 10.9. The van der Waals surface area contributed by atoms with E-state index in [2.05, 4.69) is 4.98 Å². The Kier molecular flexibility index (Phi) is 2.53. The van der Waals surface area contributed by atoms with Gasteiger partial charge < -0.3 is 4.98 Å². The van der Waals surface area contributed by atoms with E-state index in [4.69, 9.17) is 11.6 Å². The van der Waals surface area contributed by atoms with Gasteiger partial charge >= 0.3 is 0 Å². The lowest BCUT2D eigenvalue weighted by Gasteiger charge is -1.97. The molecule has 0 radical (unpaired) electrons. The van der Waals surface area contributed by atoms with Crippen molar-refractivity contribution in [1.82, 2.24) is 4.98 Å². The van der Waals surface area contributed by atoms with E-state index < -0.39 is 0 Å². The molecule has 1 heterocycles. The first-order valence-electron chi connectivity index (χ1n) is 4.84. The second kappa shape index (κ2) is 3.70. The van der Waals surface area contributed by atoms with Crippen molar-refractivity contribution < 1.29 is 4.79 Å². The Labute approximate surface area is 93.2 Å². The second-order valence-corrected chi connectivity index (χ2v) is 4.18. The van der Waals surface area contributed by atoms with Crippen LogP contribution in [0.5, 0.6) is 0 Å². The number of benzene rings is 1. The zero-order chi connectivity index (χ0) is 11.0. The minimum atomic E-state index is 0.166. The number of hydrogen-bond acceptors (Lipinski definition) is 1. The Bertz CT molecular complexity index is 528. The van der Waals surface area contributed by atoms with Crippen LogP contribution in [0.2, 0.25) is 5.02 Å². The monoisotopic (exact) mass is 221 g/mol. The number of rotatable bonds is 2. The summed E-state index contributed by atoms with van der Waals surface area (Å²) in [6.45, 7) is 3.57. The first-order valence-corrected chi connectivity index (χ1v) is 5.22. The molecule has 1 N–H and O–H groups in total. The molecule has 0 fully saturated rings. The maximum atomic E-state index is 11.1. The number of aromatic nitrogens is 1. The van der Waals surface area contributed by atoms with E-state index in [1.54, 1.807) is 6.92 Å². The van der Waals surface area contributed by atoms with E-state index in [0.717, 1.165) is 22.2 Å². The van der Waals surface area contributed by atoms with E-state index in [-0.39, 0.29) is 5.78 Å². The van der Waals surface area contributed by atoms with Gasteiger partial charge in [-0.3, -0.25) is 4.79 Å². The maximum absolute atomic E-state index is 11.1. The fraction of sp³-hybridized carbons (Fsp3) is 0.250. The number of Topliss-reactive ketones (excluding diaryl/α,β-unsaturated/α-hetero) is 1. The molecule has 0 aliphatic carbocycles. The number of fused-ring (bicyclic) bond motifs is 1. The van der Waals surface area contributed by atoms with E-state index in [0.29, 0.717) is 11.4 Å². The van der Waals surface area contributed by atoms with Crippen LogP contribution in [0.1, 0.15) is 18.2 Å². The molecule has 78 valence electrons. The highest BCUT2D eigenvalue weighted by atomic mass is 35.5. The minimum absolute atomic E-state index is 0.166. The van der Waals surface area contributed by atoms with Gasteiger partial charge in [-0.25, -0.2) is 0 Å². The smallest absolute Gasteiger partial charge is 0.134 e. The van der Waals surface area contributed by atoms with Crippen molar-refractivity contribution in [3.63, 3.8) is 0 Å². The number of nitrogens with one attached hydrogen (secondary N) is 1. The summed E-state index contributed by atoms with van der Waals surface area (Å²) in [5.41, 5.74) is 3.00. The predicted octanol–water partition coefficient (Wildman–Crippen LogP) is 3.26. The van der Waals surface area contributed by atoms with Crippen LogP contribution < -0.4 is 0 Å². The average Bonchev–Trinajstić information content (AvgIpc) is 2.45. The van der Waals surface area contributed by atoms with Gasteiger partial charge in [0, 0.05) is 17.5 Å². The van der Waals surface area contributed by atoms with Crippen LogP contribution in [0.3, 0.4) is 0 Å². The number of aryl methyl sites for hydroxylation is 1. The molecule has 0 bridgehead atoms. The number of ketones is 1. The average molecular weight is 222 g/mol. The van der Waals surface area contributed by atoms with Gasteiger partial charge in [-0.1, -0.05) is 23.7 Å². The highest BCUT2D eigenvalue weighted by molar-refractivity contribution is 6.35. The highest BCUT2D eigenvalue weighted by Gasteiger charge is 2.11. The van der Waals surface area contributed by atoms with E-state index in [1.807, 2.05) is 25.1 Å². The van der Waals surface area contributed by atoms with Crippen LogP contribution >= 0.6 is 11.6 Å². The largest absolute Gasteiger partial charge is 0.357 e. The van der Waals surface area contributed by atoms with Gasteiger partial charge in [0.05, 0.1) is 10.5 Å². The third-order valence-electron chi connectivity index (χ3n) is 2.53. The molecule has 2 rings (SSSR count). The maximum Gasteiger partial charge on any atom is 0.134 e. The van der Waals surface area contributed by atoms with Gasteiger partial charge in [-0.05, 0) is 25.5 Å². The van der Waals surface area contributed by atoms with E-state index in [1.165, 1.54) is 0 Å². The molecule has 0 aliphatic rings. The van der Waals surface area contributed by atoms with Crippen molar-refractivity contribution in [2.45, 2.75) is 20.3 Å². The van der Waals surface area contributed by atoms with Crippen LogP contribution in [-0.4, -0.2) is 10.8 Å². The van der Waals surface area contributed by atoms with Crippen LogP contribution in [0.4, 0.5) is 0 Å². The third kappa shape index (κ3) is 1.77. The fourth-order valence-electron chi connectivity index (χ4n) is 1.84. The highest BCUT2D eigenvalue weighted by Crippen LogP contribution is 2.28. The molecular weight excluding hydrogens is 210 g/mol. The van der Waals surface area contributed by atoms with Crippen molar-refractivity contribution in [1.29, 1.82) is 0 Å². The Hall–Kier alpha value is -1.28. The van der Waals surface area contributed by atoms with Crippen LogP contribution in [-0.2, 0) is 11.2 Å². The molecule has 1 aromatic heterocycles. The lowest BCUT2D eigenvalue weighted by Crippen LogP contribution is -1.96. The molecule has 2 aromatic rings. The molecule has 2 nitrogen and oxygen atoms in total. The number of H-pyrrole nitrogens is 1. The summed E-state index contributed by atoms with van der Waals surface area (Å²) in [6, 6.07) is 5.74. The van der Waals surface area contributed by atoms with Crippen LogP contribution in [0.15, 0.2) is 18.2 Å². The van der Waals surface area contributed by atoms with E-state index >= 15 is 0 Å². The Morgan fingerprint density at radius 3 is 2.87 bits per heavy atom. The van der Waals surface area contributed by atoms with Crippen LogP contribution in [0.25, 0.3) is 10.9 Å². The standard InChI is InChI=1S/C12H12ClNO/c1-7(15)6-10-8(2)14-12-9(10)4-3-5-11(12)13/h3-5,14H,6H2,1-2H3. The van der Waals surface area contributed by atoms with Gasteiger partial charge in [0.1, 0.15) is 5.78 Å². The molecule has 0 amide bonds. The number of para-hydroxylation sites is 1. The zero-order valence-electron chi connectivity index (χ0n) is 8.73. The topological polar surface area (TPSA) is 32.9 Å². The van der Waals surface area contributed by atoms with Crippen molar-refractivity contribution in [3.8, 4) is 0 Å². The summed E-state index contributed by atoms with van der Waals surface area (Å²) in [5, 5.41) is 1.75. The molecule has 0 spiro atoms. The number of carbonyl (C=O) groups excluding carboxylic acids is 1. The van der Waals surface area contributed by atoms with Crippen molar-refractivity contribution in [2.24, 2.45) is 0 Å². The number of carbonyl (C=O) groups is 1. The van der Waals surface area contributed by atoms with Crippen molar-refractivity contribution >= 4 is 28.3 Å². The minimum Gasteiger partial charge on any atom is -0.357 e.